The number of hydrogen-bond donors (Lipinski definition) is 0. The monoisotopic (exact) mass is 283 g/mol. The largest absolute Gasteiger partial charge is 0.486 e. The van der Waals surface area contributed by atoms with Crippen LogP contribution in [0.3, 0.4) is 0 Å². The van der Waals surface area contributed by atoms with Crippen molar-refractivity contribution in [1.82, 2.24) is 4.31 Å². The molecular formula is C12H13NO5S. The topological polar surface area (TPSA) is 72.9 Å². The molecule has 0 N–H and O–H groups in total. The summed E-state index contributed by atoms with van der Waals surface area (Å²) in [5, 5.41) is 0. The van der Waals surface area contributed by atoms with Crippen molar-refractivity contribution < 1.29 is 22.7 Å². The van der Waals surface area contributed by atoms with Gasteiger partial charge in [-0.05, 0) is 24.6 Å². The maximum absolute atomic E-state index is 12.2. The number of nitrogens with zero attached hydrogens (tertiary/aromatic N) is 1. The normalized spacial score (nSPS) is 20.3. The number of benzene rings is 1. The average Bonchev–Trinajstić information content (AvgIpc) is 2.77. The summed E-state index contributed by atoms with van der Waals surface area (Å²) in [6.45, 7) is 1.14. The van der Waals surface area contributed by atoms with Crippen molar-refractivity contribution in [3.8, 4) is 11.5 Å². The number of carbonyl (C=O) groups excluding carboxylic acids is 1. The van der Waals surface area contributed by atoms with Crippen LogP contribution in [0.2, 0.25) is 0 Å². The number of amides is 1. The van der Waals surface area contributed by atoms with Gasteiger partial charge in [0.05, 0.1) is 5.75 Å². The molecule has 2 aliphatic rings. The van der Waals surface area contributed by atoms with Gasteiger partial charge in [-0.2, -0.15) is 0 Å². The molecule has 102 valence electrons. The Morgan fingerprint density at radius 3 is 2.58 bits per heavy atom. The summed E-state index contributed by atoms with van der Waals surface area (Å²) in [5.74, 6) is 0.582. The molecule has 6 nitrogen and oxygen atoms in total. The molecular weight excluding hydrogens is 270 g/mol. The van der Waals surface area contributed by atoms with Gasteiger partial charge in [0.2, 0.25) is 10.0 Å². The molecule has 1 fully saturated rings. The van der Waals surface area contributed by atoms with Crippen LogP contribution in [0.1, 0.15) is 16.8 Å². The van der Waals surface area contributed by atoms with Gasteiger partial charge in [-0.15, -0.1) is 0 Å². The first-order chi connectivity index (χ1) is 9.08. The molecule has 0 spiro atoms. The van der Waals surface area contributed by atoms with E-state index >= 15 is 0 Å². The molecule has 1 amide bonds. The van der Waals surface area contributed by atoms with Crippen molar-refractivity contribution in [2.24, 2.45) is 0 Å². The second kappa shape index (κ2) is 4.41. The predicted molar refractivity (Wildman–Crippen MR) is 66.9 cm³/mol. The first kappa shape index (κ1) is 12.3. The minimum Gasteiger partial charge on any atom is -0.486 e. The Morgan fingerprint density at radius 1 is 1.16 bits per heavy atom. The standard InChI is InChI=1S/C12H13NO5S/c14-12(13-4-1-7-19(13,15)16)9-2-3-10-11(8-9)18-6-5-17-10/h2-3,8H,1,4-7H2. The molecule has 1 aromatic rings. The van der Waals surface area contributed by atoms with E-state index in [9.17, 15) is 13.2 Å². The van der Waals surface area contributed by atoms with E-state index in [4.69, 9.17) is 9.47 Å². The molecule has 0 aliphatic carbocycles. The number of ether oxygens (including phenoxy) is 2. The fraction of sp³-hybridized carbons (Fsp3) is 0.417. The van der Waals surface area contributed by atoms with E-state index in [-0.39, 0.29) is 12.3 Å². The number of carbonyl (C=O) groups is 1. The molecule has 0 radical (unpaired) electrons. The third-order valence-corrected chi connectivity index (χ3v) is 4.94. The van der Waals surface area contributed by atoms with E-state index in [1.807, 2.05) is 0 Å². The highest BCUT2D eigenvalue weighted by molar-refractivity contribution is 7.89. The molecule has 1 saturated heterocycles. The lowest BCUT2D eigenvalue weighted by molar-refractivity contribution is 0.0868. The third kappa shape index (κ3) is 2.14. The molecule has 19 heavy (non-hydrogen) atoms. The van der Waals surface area contributed by atoms with Crippen molar-refractivity contribution in [2.75, 3.05) is 25.5 Å². The van der Waals surface area contributed by atoms with Gasteiger partial charge in [0.1, 0.15) is 13.2 Å². The Balaban J connectivity index is 1.92. The average molecular weight is 283 g/mol. The lowest BCUT2D eigenvalue weighted by Gasteiger charge is -2.20. The highest BCUT2D eigenvalue weighted by atomic mass is 32.2. The molecule has 0 aromatic heterocycles. The molecule has 1 aromatic carbocycles. The van der Waals surface area contributed by atoms with Crippen LogP contribution in [0.25, 0.3) is 0 Å². The fourth-order valence-electron chi connectivity index (χ4n) is 2.19. The van der Waals surface area contributed by atoms with Crippen LogP contribution in [0, 0.1) is 0 Å². The molecule has 2 heterocycles. The summed E-state index contributed by atoms with van der Waals surface area (Å²) in [5.41, 5.74) is 0.301. The van der Waals surface area contributed by atoms with Gasteiger partial charge in [-0.25, -0.2) is 12.7 Å². The van der Waals surface area contributed by atoms with Crippen LogP contribution in [0.4, 0.5) is 0 Å². The molecule has 7 heteroatoms. The zero-order valence-electron chi connectivity index (χ0n) is 10.2. The molecule has 3 rings (SSSR count). The van der Waals surface area contributed by atoms with Crippen LogP contribution in [-0.4, -0.2) is 44.1 Å². The Kier molecular flexibility index (Phi) is 2.85. The van der Waals surface area contributed by atoms with E-state index < -0.39 is 15.9 Å². The summed E-state index contributed by atoms with van der Waals surface area (Å²) < 4.78 is 35.1. The quantitative estimate of drug-likeness (QED) is 0.756. The van der Waals surface area contributed by atoms with Crippen molar-refractivity contribution in [3.05, 3.63) is 23.8 Å². The zero-order valence-corrected chi connectivity index (χ0v) is 11.0. The maximum Gasteiger partial charge on any atom is 0.267 e. The second-order valence-corrected chi connectivity index (χ2v) is 6.42. The lowest BCUT2D eigenvalue weighted by atomic mass is 10.2. The van der Waals surface area contributed by atoms with Crippen LogP contribution < -0.4 is 9.47 Å². The van der Waals surface area contributed by atoms with Crippen LogP contribution in [0.15, 0.2) is 18.2 Å². The number of fused-ring (bicyclic) bond motifs is 1. The molecule has 0 bridgehead atoms. The molecule has 0 atom stereocenters. The van der Waals surface area contributed by atoms with Gasteiger partial charge in [0, 0.05) is 12.1 Å². The van der Waals surface area contributed by atoms with Crippen LogP contribution >= 0.6 is 0 Å². The first-order valence-electron chi connectivity index (χ1n) is 6.02. The minimum atomic E-state index is -3.44. The highest BCUT2D eigenvalue weighted by Crippen LogP contribution is 2.31. The summed E-state index contributed by atoms with van der Waals surface area (Å²) in [6, 6.07) is 4.72. The lowest BCUT2D eigenvalue weighted by Crippen LogP contribution is -2.32. The fourth-order valence-corrected chi connectivity index (χ4v) is 3.67. The van der Waals surface area contributed by atoms with Gasteiger partial charge in [-0.1, -0.05) is 0 Å². The minimum absolute atomic E-state index is 0.0310. The van der Waals surface area contributed by atoms with Gasteiger partial charge in [0.15, 0.2) is 11.5 Å². The highest BCUT2D eigenvalue weighted by Gasteiger charge is 2.33. The molecule has 0 saturated carbocycles. The number of rotatable bonds is 1. The first-order valence-corrected chi connectivity index (χ1v) is 7.63. The Morgan fingerprint density at radius 2 is 1.89 bits per heavy atom. The van der Waals surface area contributed by atoms with Gasteiger partial charge in [-0.3, -0.25) is 4.79 Å². The second-order valence-electron chi connectivity index (χ2n) is 4.41. The van der Waals surface area contributed by atoms with Crippen molar-refractivity contribution in [3.63, 3.8) is 0 Å². The van der Waals surface area contributed by atoms with E-state index in [1.165, 1.54) is 6.07 Å². The maximum atomic E-state index is 12.2. The van der Waals surface area contributed by atoms with E-state index in [2.05, 4.69) is 0 Å². The number of hydrogen-bond acceptors (Lipinski definition) is 5. The smallest absolute Gasteiger partial charge is 0.267 e. The van der Waals surface area contributed by atoms with Gasteiger partial charge < -0.3 is 9.47 Å². The molecule has 0 unspecified atom stereocenters. The Hall–Kier alpha value is -1.76. The summed E-state index contributed by atoms with van der Waals surface area (Å²) >= 11 is 0. The zero-order chi connectivity index (χ0) is 13.5. The summed E-state index contributed by atoms with van der Waals surface area (Å²) in [7, 11) is -3.44. The van der Waals surface area contributed by atoms with Gasteiger partial charge in [0.25, 0.3) is 5.91 Å². The van der Waals surface area contributed by atoms with E-state index in [1.54, 1.807) is 12.1 Å². The van der Waals surface area contributed by atoms with Crippen LogP contribution in [-0.2, 0) is 10.0 Å². The van der Waals surface area contributed by atoms with Crippen molar-refractivity contribution >= 4 is 15.9 Å². The van der Waals surface area contributed by atoms with Crippen molar-refractivity contribution in [1.29, 1.82) is 0 Å². The van der Waals surface area contributed by atoms with E-state index in [0.717, 1.165) is 4.31 Å². The summed E-state index contributed by atoms with van der Waals surface area (Å²) in [6.07, 6.45) is 0.485. The predicted octanol–water partition coefficient (Wildman–Crippen LogP) is 0.634. The third-order valence-electron chi connectivity index (χ3n) is 3.11. The van der Waals surface area contributed by atoms with Crippen molar-refractivity contribution in [2.45, 2.75) is 6.42 Å². The Labute approximate surface area is 111 Å². The van der Waals surface area contributed by atoms with Crippen LogP contribution in [0.5, 0.6) is 11.5 Å². The number of sulfonamides is 1. The Bertz CT molecular complexity index is 625. The molecule has 2 aliphatic heterocycles. The SMILES string of the molecule is O=C(c1ccc2c(c1)OCCO2)N1CCCS1(=O)=O. The summed E-state index contributed by atoms with van der Waals surface area (Å²) in [4.78, 5) is 12.2. The van der Waals surface area contributed by atoms with E-state index in [0.29, 0.717) is 36.7 Å². The van der Waals surface area contributed by atoms with Gasteiger partial charge >= 0.3 is 0 Å².